The maximum Gasteiger partial charge on any atom is 0.163 e. The van der Waals surface area contributed by atoms with Gasteiger partial charge in [0.1, 0.15) is 5.82 Å². The zero-order valence-corrected chi connectivity index (χ0v) is 7.09. The number of ketones is 1. The first-order valence-electron chi connectivity index (χ1n) is 4.25. The maximum atomic E-state index is 12.8. The fraction of sp³-hybridized carbons (Fsp3) is 0.300. The summed E-state index contributed by atoms with van der Waals surface area (Å²) in [5.41, 5.74) is 6.91. The molecule has 1 aliphatic carbocycles. The topological polar surface area (TPSA) is 43.1 Å². The largest absolute Gasteiger partial charge is 0.330 e. The Morgan fingerprint density at radius 1 is 1.54 bits per heavy atom. The van der Waals surface area contributed by atoms with Gasteiger partial charge in [-0.1, -0.05) is 6.07 Å². The van der Waals surface area contributed by atoms with Gasteiger partial charge in [0.15, 0.2) is 5.78 Å². The monoisotopic (exact) mass is 179 g/mol. The molecule has 3 heteroatoms. The lowest BCUT2D eigenvalue weighted by Crippen LogP contribution is -2.09. The van der Waals surface area contributed by atoms with Gasteiger partial charge in [0.05, 0.1) is 0 Å². The van der Waals surface area contributed by atoms with Crippen LogP contribution in [0.5, 0.6) is 0 Å². The third kappa shape index (κ3) is 1.25. The van der Waals surface area contributed by atoms with Gasteiger partial charge in [-0.3, -0.25) is 4.79 Å². The Labute approximate surface area is 75.6 Å². The predicted octanol–water partition coefficient (Wildman–Crippen LogP) is 1.45. The molecule has 0 saturated carbocycles. The van der Waals surface area contributed by atoms with Crippen LogP contribution in [0.3, 0.4) is 0 Å². The van der Waals surface area contributed by atoms with Crippen molar-refractivity contribution in [3.8, 4) is 0 Å². The molecule has 0 spiro atoms. The highest BCUT2D eigenvalue weighted by Crippen LogP contribution is 2.32. The van der Waals surface area contributed by atoms with Crippen molar-refractivity contribution in [3.63, 3.8) is 0 Å². The molecule has 0 heterocycles. The molecule has 0 fully saturated rings. The number of carbonyl (C=O) groups excluding carboxylic acids is 1. The van der Waals surface area contributed by atoms with Gasteiger partial charge in [-0.2, -0.15) is 0 Å². The highest BCUT2D eigenvalue weighted by Gasteiger charge is 2.28. The summed E-state index contributed by atoms with van der Waals surface area (Å²) < 4.78 is 12.8. The summed E-state index contributed by atoms with van der Waals surface area (Å²) in [6, 6.07) is 4.33. The van der Waals surface area contributed by atoms with E-state index in [4.69, 9.17) is 5.73 Å². The van der Waals surface area contributed by atoms with E-state index >= 15 is 0 Å². The average molecular weight is 179 g/mol. The zero-order chi connectivity index (χ0) is 9.42. The molecule has 1 aliphatic rings. The lowest BCUT2D eigenvalue weighted by Gasteiger charge is -2.05. The molecule has 68 valence electrons. The third-order valence-corrected chi connectivity index (χ3v) is 2.47. The lowest BCUT2D eigenvalue weighted by atomic mass is 10.0. The molecule has 0 amide bonds. The van der Waals surface area contributed by atoms with E-state index in [2.05, 4.69) is 0 Å². The highest BCUT2D eigenvalue weighted by molar-refractivity contribution is 6.01. The molecule has 0 aromatic heterocycles. The molecule has 1 atom stereocenters. The molecule has 2 nitrogen and oxygen atoms in total. The minimum Gasteiger partial charge on any atom is -0.330 e. The Hall–Kier alpha value is -1.22. The van der Waals surface area contributed by atoms with Crippen LogP contribution in [0, 0.1) is 5.82 Å². The van der Waals surface area contributed by atoms with Crippen molar-refractivity contribution in [2.75, 3.05) is 6.54 Å². The van der Waals surface area contributed by atoms with Crippen molar-refractivity contribution in [3.05, 3.63) is 35.1 Å². The van der Waals surface area contributed by atoms with Crippen LogP contribution in [0.4, 0.5) is 4.39 Å². The second kappa shape index (κ2) is 2.92. The van der Waals surface area contributed by atoms with E-state index in [0.717, 1.165) is 5.56 Å². The van der Waals surface area contributed by atoms with Crippen molar-refractivity contribution >= 4 is 5.78 Å². The van der Waals surface area contributed by atoms with Crippen LogP contribution in [0.15, 0.2) is 18.2 Å². The summed E-state index contributed by atoms with van der Waals surface area (Å²) in [6.45, 7) is 0.449. The molecule has 1 unspecified atom stereocenters. The second-order valence-corrected chi connectivity index (χ2v) is 3.29. The van der Waals surface area contributed by atoms with Gasteiger partial charge in [0, 0.05) is 17.9 Å². The van der Waals surface area contributed by atoms with Crippen LogP contribution in [-0.4, -0.2) is 12.3 Å². The van der Waals surface area contributed by atoms with E-state index in [1.807, 2.05) is 0 Å². The van der Waals surface area contributed by atoms with Crippen molar-refractivity contribution in [2.45, 2.75) is 12.3 Å². The maximum absolute atomic E-state index is 12.8. The Balaban J connectivity index is 2.52. The number of nitrogens with two attached hydrogens (primary N) is 1. The number of rotatable bonds is 1. The number of hydrogen-bond acceptors (Lipinski definition) is 2. The van der Waals surface area contributed by atoms with Crippen LogP contribution in [0.25, 0.3) is 0 Å². The van der Waals surface area contributed by atoms with Crippen molar-refractivity contribution in [1.82, 2.24) is 0 Å². The first-order chi connectivity index (χ1) is 6.22. The van der Waals surface area contributed by atoms with Gasteiger partial charge in [-0.05, 0) is 24.2 Å². The number of halogens is 1. The van der Waals surface area contributed by atoms with Gasteiger partial charge >= 0.3 is 0 Å². The highest BCUT2D eigenvalue weighted by atomic mass is 19.1. The number of carbonyl (C=O) groups is 1. The summed E-state index contributed by atoms with van der Waals surface area (Å²) in [5, 5.41) is 0. The van der Waals surface area contributed by atoms with Gasteiger partial charge < -0.3 is 5.73 Å². The molecule has 1 aromatic rings. The molecule has 13 heavy (non-hydrogen) atoms. The zero-order valence-electron chi connectivity index (χ0n) is 7.09. The first-order valence-corrected chi connectivity index (χ1v) is 4.25. The normalized spacial score (nSPS) is 20.5. The smallest absolute Gasteiger partial charge is 0.163 e. The summed E-state index contributed by atoms with van der Waals surface area (Å²) in [7, 11) is 0. The molecule has 0 radical (unpaired) electrons. The van der Waals surface area contributed by atoms with E-state index in [9.17, 15) is 9.18 Å². The molecule has 0 saturated heterocycles. The quantitative estimate of drug-likeness (QED) is 0.709. The van der Waals surface area contributed by atoms with Crippen LogP contribution >= 0.6 is 0 Å². The molecule has 0 aliphatic heterocycles. The van der Waals surface area contributed by atoms with E-state index in [1.54, 1.807) is 6.07 Å². The predicted molar refractivity (Wildman–Crippen MR) is 47.1 cm³/mol. The average Bonchev–Trinajstić information content (AvgIpc) is 2.43. The summed E-state index contributed by atoms with van der Waals surface area (Å²) in [4.78, 5) is 11.4. The standard InChI is InChI=1S/C10H10FNO/c11-7-1-2-8-6(5-12)3-10(13)9(8)4-7/h1-2,4,6H,3,5,12H2. The van der Waals surface area contributed by atoms with Gasteiger partial charge in [0.25, 0.3) is 0 Å². The van der Waals surface area contributed by atoms with E-state index in [0.29, 0.717) is 18.5 Å². The van der Waals surface area contributed by atoms with Crippen LogP contribution in [-0.2, 0) is 0 Å². The van der Waals surface area contributed by atoms with E-state index in [1.165, 1.54) is 12.1 Å². The second-order valence-electron chi connectivity index (χ2n) is 3.29. The molecule has 2 N–H and O–H groups in total. The summed E-state index contributed by atoms with van der Waals surface area (Å²) >= 11 is 0. The Kier molecular flexibility index (Phi) is 1.88. The Morgan fingerprint density at radius 3 is 3.00 bits per heavy atom. The number of fused-ring (bicyclic) bond motifs is 1. The molecule has 0 bridgehead atoms. The molecular formula is C10H10FNO. The van der Waals surface area contributed by atoms with Crippen molar-refractivity contribution in [2.24, 2.45) is 5.73 Å². The van der Waals surface area contributed by atoms with E-state index in [-0.39, 0.29) is 17.5 Å². The van der Waals surface area contributed by atoms with Crippen LogP contribution in [0.2, 0.25) is 0 Å². The van der Waals surface area contributed by atoms with Gasteiger partial charge in [-0.15, -0.1) is 0 Å². The van der Waals surface area contributed by atoms with Crippen LogP contribution < -0.4 is 5.73 Å². The Morgan fingerprint density at radius 2 is 2.31 bits per heavy atom. The van der Waals surface area contributed by atoms with Gasteiger partial charge in [0.2, 0.25) is 0 Å². The summed E-state index contributed by atoms with van der Waals surface area (Å²) in [5.74, 6) is -0.266. The third-order valence-electron chi connectivity index (χ3n) is 2.47. The molecule has 2 rings (SSSR count). The minimum absolute atomic E-state index is 0.00458. The molecular weight excluding hydrogens is 169 g/mol. The Bertz CT molecular complexity index is 362. The number of Topliss-reactive ketones (excluding diaryl/α,β-unsaturated/α-hetero) is 1. The lowest BCUT2D eigenvalue weighted by molar-refractivity contribution is 0.0989. The fourth-order valence-electron chi connectivity index (χ4n) is 1.78. The molecule has 1 aromatic carbocycles. The van der Waals surface area contributed by atoms with E-state index < -0.39 is 0 Å². The van der Waals surface area contributed by atoms with Gasteiger partial charge in [-0.25, -0.2) is 4.39 Å². The SMILES string of the molecule is NCC1CC(=O)c2cc(F)ccc21. The number of benzene rings is 1. The number of hydrogen-bond donors (Lipinski definition) is 1. The first kappa shape index (κ1) is 8.38. The van der Waals surface area contributed by atoms with Crippen molar-refractivity contribution in [1.29, 1.82) is 0 Å². The summed E-state index contributed by atoms with van der Waals surface area (Å²) in [6.07, 6.45) is 0.426. The fourth-order valence-corrected chi connectivity index (χ4v) is 1.78. The minimum atomic E-state index is -0.357. The van der Waals surface area contributed by atoms with Crippen LogP contribution in [0.1, 0.15) is 28.3 Å². The van der Waals surface area contributed by atoms with Crippen molar-refractivity contribution < 1.29 is 9.18 Å².